The van der Waals surface area contributed by atoms with Crippen molar-refractivity contribution in [3.63, 3.8) is 0 Å². The predicted molar refractivity (Wildman–Crippen MR) is 64.4 cm³/mol. The molecule has 0 aliphatic heterocycles. The summed E-state index contributed by atoms with van der Waals surface area (Å²) < 4.78 is 5.47. The lowest BCUT2D eigenvalue weighted by Crippen LogP contribution is -2.20. The molecular formula is C11H20N4O. The normalized spacial score (nSPS) is 11.4. The summed E-state index contributed by atoms with van der Waals surface area (Å²) in [5.41, 5.74) is 3.27. The number of nitrogens with two attached hydrogens (primary N) is 1. The number of nitrogens with zero attached hydrogens (tertiary/aromatic N) is 2. The summed E-state index contributed by atoms with van der Waals surface area (Å²) in [6, 6.07) is 0. The highest BCUT2D eigenvalue weighted by Crippen LogP contribution is 2.26. The van der Waals surface area contributed by atoms with Gasteiger partial charge in [0.1, 0.15) is 5.82 Å². The van der Waals surface area contributed by atoms with E-state index in [9.17, 15) is 0 Å². The van der Waals surface area contributed by atoms with Crippen molar-refractivity contribution < 1.29 is 4.74 Å². The fourth-order valence-electron chi connectivity index (χ4n) is 1.25. The highest BCUT2D eigenvalue weighted by atomic mass is 16.5. The van der Waals surface area contributed by atoms with Crippen LogP contribution < -0.4 is 16.0 Å². The van der Waals surface area contributed by atoms with E-state index in [1.54, 1.807) is 0 Å². The second kappa shape index (κ2) is 4.65. The van der Waals surface area contributed by atoms with E-state index in [1.165, 1.54) is 0 Å². The SMILES string of the molecule is CCOc1nc(C(C)(C)C)nc(NN)c1C. The zero-order valence-corrected chi connectivity index (χ0v) is 10.6. The molecule has 5 heteroatoms. The Hall–Kier alpha value is -1.36. The summed E-state index contributed by atoms with van der Waals surface area (Å²) in [4.78, 5) is 8.79. The minimum Gasteiger partial charge on any atom is -0.478 e. The highest BCUT2D eigenvalue weighted by molar-refractivity contribution is 5.48. The zero-order chi connectivity index (χ0) is 12.3. The van der Waals surface area contributed by atoms with Crippen LogP contribution in [0.2, 0.25) is 0 Å². The van der Waals surface area contributed by atoms with Crippen LogP contribution in [0.3, 0.4) is 0 Å². The van der Waals surface area contributed by atoms with Gasteiger partial charge in [-0.05, 0) is 13.8 Å². The zero-order valence-electron chi connectivity index (χ0n) is 10.6. The standard InChI is InChI=1S/C11H20N4O/c1-6-16-9-7(2)8(15-12)13-10(14-9)11(3,4)5/h6,12H2,1-5H3,(H,13,14,15). The van der Waals surface area contributed by atoms with Gasteiger partial charge in [0.25, 0.3) is 0 Å². The van der Waals surface area contributed by atoms with E-state index in [0.717, 1.165) is 11.4 Å². The van der Waals surface area contributed by atoms with Crippen LogP contribution >= 0.6 is 0 Å². The molecule has 0 aromatic carbocycles. The van der Waals surface area contributed by atoms with Gasteiger partial charge < -0.3 is 10.2 Å². The van der Waals surface area contributed by atoms with Gasteiger partial charge in [0, 0.05) is 5.41 Å². The Bertz CT molecular complexity index is 371. The largest absolute Gasteiger partial charge is 0.478 e. The van der Waals surface area contributed by atoms with Crippen LogP contribution in [-0.2, 0) is 5.41 Å². The fourth-order valence-corrected chi connectivity index (χ4v) is 1.25. The smallest absolute Gasteiger partial charge is 0.221 e. The molecule has 1 aromatic heterocycles. The van der Waals surface area contributed by atoms with Crippen LogP contribution in [-0.4, -0.2) is 16.6 Å². The first-order chi connectivity index (χ1) is 7.40. The second-order valence-corrected chi connectivity index (χ2v) is 4.65. The van der Waals surface area contributed by atoms with Crippen LogP contribution in [0.4, 0.5) is 5.82 Å². The lowest BCUT2D eigenvalue weighted by Gasteiger charge is -2.19. The van der Waals surface area contributed by atoms with Gasteiger partial charge in [0.05, 0.1) is 12.2 Å². The van der Waals surface area contributed by atoms with Gasteiger partial charge in [0.15, 0.2) is 5.82 Å². The lowest BCUT2D eigenvalue weighted by atomic mass is 9.95. The molecule has 1 heterocycles. The van der Waals surface area contributed by atoms with E-state index in [-0.39, 0.29) is 5.41 Å². The van der Waals surface area contributed by atoms with E-state index in [0.29, 0.717) is 18.3 Å². The summed E-state index contributed by atoms with van der Waals surface area (Å²) in [5, 5.41) is 0. The highest BCUT2D eigenvalue weighted by Gasteiger charge is 2.21. The number of nitrogen functional groups attached to an aromatic ring is 1. The molecule has 0 atom stereocenters. The number of anilines is 1. The van der Waals surface area contributed by atoms with Gasteiger partial charge in [-0.2, -0.15) is 4.98 Å². The molecule has 0 amide bonds. The van der Waals surface area contributed by atoms with E-state index in [2.05, 4.69) is 15.4 Å². The third-order valence-corrected chi connectivity index (χ3v) is 2.19. The third-order valence-electron chi connectivity index (χ3n) is 2.19. The first kappa shape index (κ1) is 12.7. The molecule has 0 bridgehead atoms. The van der Waals surface area contributed by atoms with Crippen LogP contribution in [0.5, 0.6) is 5.88 Å². The molecule has 16 heavy (non-hydrogen) atoms. The van der Waals surface area contributed by atoms with Gasteiger partial charge in [-0.15, -0.1) is 0 Å². The van der Waals surface area contributed by atoms with Crippen LogP contribution in [0, 0.1) is 6.92 Å². The Balaban J connectivity index is 3.28. The number of ether oxygens (including phenoxy) is 1. The number of nitrogens with one attached hydrogen (secondary N) is 1. The molecule has 0 aliphatic carbocycles. The summed E-state index contributed by atoms with van der Waals surface area (Å²) in [6.07, 6.45) is 0. The molecule has 1 rings (SSSR count). The number of hydrogen-bond donors (Lipinski definition) is 2. The summed E-state index contributed by atoms with van der Waals surface area (Å²) >= 11 is 0. The molecule has 0 aliphatic rings. The average molecular weight is 224 g/mol. The monoisotopic (exact) mass is 224 g/mol. The molecule has 0 unspecified atom stereocenters. The quantitative estimate of drug-likeness (QED) is 0.604. The van der Waals surface area contributed by atoms with Crippen molar-refractivity contribution in [2.45, 2.75) is 40.0 Å². The molecule has 0 spiro atoms. The van der Waals surface area contributed by atoms with Gasteiger partial charge >= 0.3 is 0 Å². The molecular weight excluding hydrogens is 204 g/mol. The Morgan fingerprint density at radius 1 is 1.31 bits per heavy atom. The Morgan fingerprint density at radius 3 is 2.38 bits per heavy atom. The summed E-state index contributed by atoms with van der Waals surface area (Å²) in [6.45, 7) is 10.5. The van der Waals surface area contributed by atoms with Gasteiger partial charge in [-0.25, -0.2) is 10.8 Å². The van der Waals surface area contributed by atoms with Crippen molar-refractivity contribution in [1.82, 2.24) is 9.97 Å². The number of hydrazine groups is 1. The topological polar surface area (TPSA) is 73.1 Å². The van der Waals surface area contributed by atoms with Crippen LogP contribution in [0.15, 0.2) is 0 Å². The fraction of sp³-hybridized carbons (Fsp3) is 0.636. The van der Waals surface area contributed by atoms with Crippen molar-refractivity contribution in [3.05, 3.63) is 11.4 Å². The van der Waals surface area contributed by atoms with Crippen molar-refractivity contribution in [2.75, 3.05) is 12.0 Å². The van der Waals surface area contributed by atoms with Crippen molar-refractivity contribution in [2.24, 2.45) is 5.84 Å². The molecule has 3 N–H and O–H groups in total. The first-order valence-electron chi connectivity index (χ1n) is 5.38. The summed E-state index contributed by atoms with van der Waals surface area (Å²) in [7, 11) is 0. The molecule has 0 fully saturated rings. The Labute approximate surface area is 96.4 Å². The average Bonchev–Trinajstić information content (AvgIpc) is 2.19. The molecule has 0 saturated heterocycles. The van der Waals surface area contributed by atoms with Crippen LogP contribution in [0.1, 0.15) is 39.1 Å². The van der Waals surface area contributed by atoms with E-state index in [1.807, 2.05) is 34.6 Å². The van der Waals surface area contributed by atoms with Crippen molar-refractivity contribution in [3.8, 4) is 5.88 Å². The first-order valence-corrected chi connectivity index (χ1v) is 5.38. The van der Waals surface area contributed by atoms with Crippen LogP contribution in [0.25, 0.3) is 0 Å². The van der Waals surface area contributed by atoms with E-state index in [4.69, 9.17) is 10.6 Å². The maximum atomic E-state index is 5.47. The lowest BCUT2D eigenvalue weighted by molar-refractivity contribution is 0.319. The maximum absolute atomic E-state index is 5.47. The van der Waals surface area contributed by atoms with Gasteiger partial charge in [0.2, 0.25) is 5.88 Å². The van der Waals surface area contributed by atoms with Gasteiger partial charge in [-0.3, -0.25) is 0 Å². The minimum absolute atomic E-state index is 0.134. The molecule has 0 radical (unpaired) electrons. The predicted octanol–water partition coefficient (Wildman–Crippen LogP) is 1.77. The van der Waals surface area contributed by atoms with E-state index >= 15 is 0 Å². The maximum Gasteiger partial charge on any atom is 0.221 e. The number of hydrogen-bond acceptors (Lipinski definition) is 5. The van der Waals surface area contributed by atoms with Gasteiger partial charge in [-0.1, -0.05) is 20.8 Å². The minimum atomic E-state index is -0.134. The molecule has 90 valence electrons. The second-order valence-electron chi connectivity index (χ2n) is 4.65. The third kappa shape index (κ3) is 2.61. The van der Waals surface area contributed by atoms with Crippen molar-refractivity contribution >= 4 is 5.82 Å². The Kier molecular flexibility index (Phi) is 3.70. The van der Waals surface area contributed by atoms with Crippen molar-refractivity contribution in [1.29, 1.82) is 0 Å². The number of aromatic nitrogens is 2. The van der Waals surface area contributed by atoms with E-state index < -0.39 is 0 Å². The summed E-state index contributed by atoms with van der Waals surface area (Å²) in [5.74, 6) is 7.36. The molecule has 1 aromatic rings. The number of rotatable bonds is 3. The Morgan fingerprint density at radius 2 is 1.94 bits per heavy atom. The molecule has 5 nitrogen and oxygen atoms in total. The molecule has 0 saturated carbocycles.